The Labute approximate surface area is 130 Å². The Morgan fingerprint density at radius 3 is 2.55 bits per heavy atom. The number of hydrogen-bond donors (Lipinski definition) is 3. The van der Waals surface area contributed by atoms with Crippen molar-refractivity contribution >= 4 is 5.96 Å². The van der Waals surface area contributed by atoms with E-state index in [-0.39, 0.29) is 12.6 Å². The number of likely N-dealkylation sites (tertiary alicyclic amines) is 1. The molecule has 0 aromatic rings. The van der Waals surface area contributed by atoms with Gasteiger partial charge in [0.25, 0.3) is 0 Å². The van der Waals surface area contributed by atoms with Gasteiger partial charge in [0.15, 0.2) is 5.96 Å². The minimum absolute atomic E-state index is 0.167. The van der Waals surface area contributed by atoms with Crippen molar-refractivity contribution in [2.45, 2.75) is 44.9 Å². The first-order valence-electron chi connectivity index (χ1n) is 7.90. The maximum absolute atomic E-state index is 12.1. The van der Waals surface area contributed by atoms with Crippen molar-refractivity contribution < 1.29 is 18.3 Å². The van der Waals surface area contributed by atoms with Crippen LogP contribution in [0.2, 0.25) is 0 Å². The molecule has 0 saturated carbocycles. The zero-order valence-electron chi connectivity index (χ0n) is 13.1. The lowest BCUT2D eigenvalue weighted by molar-refractivity contribution is -0.132. The normalized spacial score (nSPS) is 18.5. The number of aliphatic hydroxyl groups is 1. The third kappa shape index (κ3) is 9.09. The van der Waals surface area contributed by atoms with Gasteiger partial charge in [-0.1, -0.05) is 0 Å². The molecule has 1 saturated heterocycles. The maximum atomic E-state index is 12.1. The molecule has 8 heteroatoms. The van der Waals surface area contributed by atoms with Crippen molar-refractivity contribution in [2.24, 2.45) is 4.99 Å². The van der Waals surface area contributed by atoms with Crippen LogP contribution in [-0.2, 0) is 0 Å². The summed E-state index contributed by atoms with van der Waals surface area (Å²) < 4.78 is 36.3. The number of alkyl halides is 3. The number of halogens is 3. The zero-order valence-corrected chi connectivity index (χ0v) is 13.1. The van der Waals surface area contributed by atoms with Gasteiger partial charge in [-0.15, -0.1) is 0 Å². The van der Waals surface area contributed by atoms with Gasteiger partial charge in [-0.25, -0.2) is 0 Å². The van der Waals surface area contributed by atoms with E-state index in [1.165, 1.54) is 0 Å². The zero-order chi connectivity index (χ0) is 16.4. The SMILES string of the molecule is CCNC(=NCCCN1CCC(O)CC1)NCCC(F)(F)F. The molecule has 1 fully saturated rings. The van der Waals surface area contributed by atoms with Gasteiger partial charge in [0.2, 0.25) is 0 Å². The first-order valence-corrected chi connectivity index (χ1v) is 7.90. The van der Waals surface area contributed by atoms with Crippen LogP contribution < -0.4 is 10.6 Å². The molecule has 130 valence electrons. The van der Waals surface area contributed by atoms with E-state index >= 15 is 0 Å². The third-order valence-electron chi connectivity index (χ3n) is 3.50. The molecule has 0 bridgehead atoms. The number of aliphatic hydroxyl groups excluding tert-OH is 1. The van der Waals surface area contributed by atoms with E-state index in [9.17, 15) is 18.3 Å². The summed E-state index contributed by atoms with van der Waals surface area (Å²) in [6.45, 7) is 5.59. The summed E-state index contributed by atoms with van der Waals surface area (Å²) in [5.74, 6) is 0.431. The predicted molar refractivity (Wildman–Crippen MR) is 81.0 cm³/mol. The van der Waals surface area contributed by atoms with Gasteiger partial charge in [-0.3, -0.25) is 4.99 Å². The molecule has 3 N–H and O–H groups in total. The second-order valence-corrected chi connectivity index (χ2v) is 5.48. The van der Waals surface area contributed by atoms with Crippen LogP contribution in [0.4, 0.5) is 13.2 Å². The van der Waals surface area contributed by atoms with Gasteiger partial charge in [-0.05, 0) is 32.7 Å². The number of piperidine rings is 1. The van der Waals surface area contributed by atoms with Crippen LogP contribution in [0.15, 0.2) is 4.99 Å². The average Bonchev–Trinajstić information content (AvgIpc) is 2.44. The number of rotatable bonds is 7. The summed E-state index contributed by atoms with van der Waals surface area (Å²) in [5, 5.41) is 15.1. The van der Waals surface area contributed by atoms with Crippen LogP contribution in [0.3, 0.4) is 0 Å². The fourth-order valence-electron chi connectivity index (χ4n) is 2.29. The van der Waals surface area contributed by atoms with Crippen molar-refractivity contribution in [1.82, 2.24) is 15.5 Å². The number of nitrogens with zero attached hydrogens (tertiary/aromatic N) is 2. The van der Waals surface area contributed by atoms with Crippen LogP contribution >= 0.6 is 0 Å². The Morgan fingerprint density at radius 1 is 1.27 bits per heavy atom. The summed E-state index contributed by atoms with van der Waals surface area (Å²) in [5.41, 5.74) is 0. The van der Waals surface area contributed by atoms with Crippen LogP contribution in [-0.4, -0.2) is 67.5 Å². The Kier molecular flexibility index (Phi) is 8.55. The standard InChI is InChI=1S/C14H27F3N4O/c1-2-18-13(20-8-6-14(15,16)17)19-7-3-9-21-10-4-12(22)5-11-21/h12,22H,2-11H2,1H3,(H2,18,19,20). The molecule has 0 atom stereocenters. The minimum Gasteiger partial charge on any atom is -0.393 e. The van der Waals surface area contributed by atoms with Gasteiger partial charge in [0.1, 0.15) is 0 Å². The molecule has 1 aliphatic rings. The fraction of sp³-hybridized carbons (Fsp3) is 0.929. The number of guanidine groups is 1. The first-order chi connectivity index (χ1) is 10.4. The Bertz CT molecular complexity index is 329. The quantitative estimate of drug-likeness (QED) is 0.376. The summed E-state index contributed by atoms with van der Waals surface area (Å²) >= 11 is 0. The highest BCUT2D eigenvalue weighted by atomic mass is 19.4. The molecule has 1 heterocycles. The average molecular weight is 324 g/mol. The summed E-state index contributed by atoms with van der Waals surface area (Å²) in [6, 6.07) is 0. The molecule has 0 spiro atoms. The maximum Gasteiger partial charge on any atom is 0.390 e. The lowest BCUT2D eigenvalue weighted by Crippen LogP contribution is -2.39. The molecule has 0 aromatic heterocycles. The van der Waals surface area contributed by atoms with Gasteiger partial charge in [0.05, 0.1) is 12.5 Å². The van der Waals surface area contributed by atoms with E-state index in [2.05, 4.69) is 20.5 Å². The van der Waals surface area contributed by atoms with Crippen LogP contribution in [0.1, 0.15) is 32.6 Å². The van der Waals surface area contributed by atoms with Gasteiger partial charge >= 0.3 is 6.18 Å². The van der Waals surface area contributed by atoms with Gasteiger partial charge in [0, 0.05) is 32.7 Å². The first kappa shape index (κ1) is 19.0. The van der Waals surface area contributed by atoms with Crippen molar-refractivity contribution in [3.63, 3.8) is 0 Å². The number of aliphatic imine (C=N–C) groups is 1. The molecule has 0 aromatic carbocycles. The molecule has 22 heavy (non-hydrogen) atoms. The van der Waals surface area contributed by atoms with Crippen molar-refractivity contribution in [3.05, 3.63) is 0 Å². The molecule has 1 aliphatic heterocycles. The summed E-state index contributed by atoms with van der Waals surface area (Å²) in [7, 11) is 0. The van der Waals surface area contributed by atoms with Crippen LogP contribution in [0, 0.1) is 0 Å². The summed E-state index contributed by atoms with van der Waals surface area (Å²) in [4.78, 5) is 6.57. The van der Waals surface area contributed by atoms with Crippen molar-refractivity contribution in [1.29, 1.82) is 0 Å². The van der Waals surface area contributed by atoms with Gasteiger partial charge < -0.3 is 20.6 Å². The predicted octanol–water partition coefficient (Wildman–Crippen LogP) is 1.34. The third-order valence-corrected chi connectivity index (χ3v) is 3.50. The number of nitrogens with one attached hydrogen (secondary N) is 2. The van der Waals surface area contributed by atoms with E-state index < -0.39 is 12.6 Å². The van der Waals surface area contributed by atoms with E-state index in [4.69, 9.17) is 0 Å². The second-order valence-electron chi connectivity index (χ2n) is 5.48. The molecule has 0 unspecified atom stereocenters. The highest BCUT2D eigenvalue weighted by Gasteiger charge is 2.26. The molecule has 1 rings (SSSR count). The molecular formula is C14H27F3N4O. The van der Waals surface area contributed by atoms with Crippen molar-refractivity contribution in [2.75, 3.05) is 39.3 Å². The monoisotopic (exact) mass is 324 g/mol. The second kappa shape index (κ2) is 9.89. The topological polar surface area (TPSA) is 59.9 Å². The summed E-state index contributed by atoms with van der Waals surface area (Å²) in [6.07, 6.45) is -2.72. The van der Waals surface area contributed by atoms with E-state index in [1.54, 1.807) is 0 Å². The van der Waals surface area contributed by atoms with E-state index in [0.717, 1.165) is 38.9 Å². The van der Waals surface area contributed by atoms with E-state index in [1.807, 2.05) is 6.92 Å². The Balaban J connectivity index is 2.21. The van der Waals surface area contributed by atoms with Crippen molar-refractivity contribution in [3.8, 4) is 0 Å². The lowest BCUT2D eigenvalue weighted by Gasteiger charge is -2.29. The highest BCUT2D eigenvalue weighted by molar-refractivity contribution is 5.79. The van der Waals surface area contributed by atoms with Crippen LogP contribution in [0.5, 0.6) is 0 Å². The molecule has 0 amide bonds. The highest BCUT2D eigenvalue weighted by Crippen LogP contribution is 2.18. The van der Waals surface area contributed by atoms with E-state index in [0.29, 0.717) is 19.0 Å². The molecule has 5 nitrogen and oxygen atoms in total. The Morgan fingerprint density at radius 2 is 1.95 bits per heavy atom. The largest absolute Gasteiger partial charge is 0.393 e. The Hall–Kier alpha value is -1.02. The lowest BCUT2D eigenvalue weighted by atomic mass is 10.1. The smallest absolute Gasteiger partial charge is 0.390 e. The fourth-order valence-corrected chi connectivity index (χ4v) is 2.29. The van der Waals surface area contributed by atoms with Crippen LogP contribution in [0.25, 0.3) is 0 Å². The molecule has 0 radical (unpaired) electrons. The number of hydrogen-bond acceptors (Lipinski definition) is 3. The minimum atomic E-state index is -4.15. The van der Waals surface area contributed by atoms with Gasteiger partial charge in [-0.2, -0.15) is 13.2 Å². The molecular weight excluding hydrogens is 297 g/mol. The molecule has 0 aliphatic carbocycles.